The van der Waals surface area contributed by atoms with Crippen molar-refractivity contribution in [2.24, 2.45) is 0 Å². The molecule has 7 nitrogen and oxygen atoms in total. The highest BCUT2D eigenvalue weighted by Crippen LogP contribution is 2.28. The third kappa shape index (κ3) is 4.80. The normalized spacial score (nSPS) is 10.7. The first kappa shape index (κ1) is 20.3. The molecule has 0 saturated carbocycles. The van der Waals surface area contributed by atoms with Gasteiger partial charge < -0.3 is 19.3 Å². The van der Waals surface area contributed by atoms with Crippen molar-refractivity contribution in [3.63, 3.8) is 0 Å². The third-order valence-corrected chi connectivity index (χ3v) is 4.69. The SMILES string of the molecule is COc1ccc(CCNc2ccc(-c3nc(-c4cccc(F)c4)no3)cn2)cc1OC. The fourth-order valence-corrected chi connectivity index (χ4v) is 3.08. The van der Waals surface area contributed by atoms with E-state index in [1.165, 1.54) is 12.1 Å². The number of nitrogens with one attached hydrogen (secondary N) is 1. The molecule has 0 amide bonds. The molecule has 2 aromatic heterocycles. The minimum Gasteiger partial charge on any atom is -0.493 e. The summed E-state index contributed by atoms with van der Waals surface area (Å²) in [7, 11) is 3.24. The van der Waals surface area contributed by atoms with E-state index in [1.54, 1.807) is 32.5 Å². The first-order valence-electron chi connectivity index (χ1n) is 9.67. The topological polar surface area (TPSA) is 82.3 Å². The Morgan fingerprint density at radius 1 is 0.968 bits per heavy atom. The number of benzene rings is 2. The predicted octanol–water partition coefficient (Wildman–Crippen LogP) is 4.61. The van der Waals surface area contributed by atoms with Gasteiger partial charge in [0.1, 0.15) is 11.6 Å². The van der Waals surface area contributed by atoms with E-state index in [-0.39, 0.29) is 5.82 Å². The number of pyridine rings is 1. The summed E-state index contributed by atoms with van der Waals surface area (Å²) in [6, 6.07) is 15.6. The summed E-state index contributed by atoms with van der Waals surface area (Å²) in [4.78, 5) is 8.73. The molecule has 0 atom stereocenters. The molecule has 8 heteroatoms. The Hall–Kier alpha value is -3.94. The van der Waals surface area contributed by atoms with Gasteiger partial charge in [0.15, 0.2) is 11.5 Å². The van der Waals surface area contributed by atoms with E-state index in [4.69, 9.17) is 14.0 Å². The number of aromatic nitrogens is 3. The summed E-state index contributed by atoms with van der Waals surface area (Å²) in [6.45, 7) is 0.701. The van der Waals surface area contributed by atoms with Gasteiger partial charge in [0.2, 0.25) is 5.82 Å². The van der Waals surface area contributed by atoms with Crippen LogP contribution in [0.2, 0.25) is 0 Å². The zero-order valence-corrected chi connectivity index (χ0v) is 17.1. The molecule has 158 valence electrons. The monoisotopic (exact) mass is 420 g/mol. The molecule has 0 radical (unpaired) electrons. The van der Waals surface area contributed by atoms with Crippen LogP contribution in [0.4, 0.5) is 10.2 Å². The maximum atomic E-state index is 13.4. The molecule has 0 bridgehead atoms. The van der Waals surface area contributed by atoms with Crippen molar-refractivity contribution in [3.05, 3.63) is 72.2 Å². The van der Waals surface area contributed by atoms with Crippen molar-refractivity contribution in [2.75, 3.05) is 26.1 Å². The Kier molecular flexibility index (Phi) is 6.07. The Morgan fingerprint density at radius 2 is 1.84 bits per heavy atom. The van der Waals surface area contributed by atoms with Crippen LogP contribution in [0.3, 0.4) is 0 Å². The first-order chi connectivity index (χ1) is 15.2. The summed E-state index contributed by atoms with van der Waals surface area (Å²) < 4.78 is 29.3. The lowest BCUT2D eigenvalue weighted by Gasteiger charge is -2.10. The smallest absolute Gasteiger partial charge is 0.259 e. The lowest BCUT2D eigenvalue weighted by atomic mass is 10.1. The molecule has 0 aliphatic heterocycles. The second-order valence-electron chi connectivity index (χ2n) is 6.73. The molecular weight excluding hydrogens is 399 g/mol. The van der Waals surface area contributed by atoms with Gasteiger partial charge in [-0.05, 0) is 48.4 Å². The summed E-state index contributed by atoms with van der Waals surface area (Å²) in [5, 5.41) is 7.20. The van der Waals surface area contributed by atoms with Crippen LogP contribution in [-0.2, 0) is 6.42 Å². The number of halogens is 1. The summed E-state index contributed by atoms with van der Waals surface area (Å²) in [5.74, 6) is 2.44. The van der Waals surface area contributed by atoms with E-state index in [2.05, 4.69) is 20.4 Å². The Bertz CT molecular complexity index is 1160. The van der Waals surface area contributed by atoms with E-state index in [1.807, 2.05) is 30.3 Å². The van der Waals surface area contributed by atoms with Crippen LogP contribution in [0.1, 0.15) is 5.56 Å². The second kappa shape index (κ2) is 9.25. The highest BCUT2D eigenvalue weighted by Gasteiger charge is 2.12. The summed E-state index contributed by atoms with van der Waals surface area (Å²) in [5.41, 5.74) is 2.36. The van der Waals surface area contributed by atoms with Gasteiger partial charge in [-0.25, -0.2) is 9.37 Å². The van der Waals surface area contributed by atoms with E-state index in [0.29, 0.717) is 40.9 Å². The lowest BCUT2D eigenvalue weighted by Crippen LogP contribution is -2.06. The van der Waals surface area contributed by atoms with Crippen LogP contribution < -0.4 is 14.8 Å². The molecule has 4 aromatic rings. The summed E-state index contributed by atoms with van der Waals surface area (Å²) in [6.07, 6.45) is 2.45. The highest BCUT2D eigenvalue weighted by molar-refractivity contribution is 5.60. The van der Waals surface area contributed by atoms with Gasteiger partial charge in [-0.1, -0.05) is 23.4 Å². The minimum atomic E-state index is -0.353. The van der Waals surface area contributed by atoms with Crippen molar-refractivity contribution in [2.45, 2.75) is 6.42 Å². The standard InChI is InChI=1S/C23H21FN4O3/c1-29-19-8-6-15(12-20(19)30-2)10-11-25-21-9-7-17(14-26-21)23-27-22(28-31-23)16-4-3-5-18(24)13-16/h3-9,12-14H,10-11H2,1-2H3,(H,25,26). The van der Waals surface area contributed by atoms with Crippen LogP contribution in [0.15, 0.2) is 65.3 Å². The molecule has 0 aliphatic rings. The molecule has 0 fully saturated rings. The predicted molar refractivity (Wildman–Crippen MR) is 115 cm³/mol. The number of hydrogen-bond donors (Lipinski definition) is 1. The van der Waals surface area contributed by atoms with E-state index < -0.39 is 0 Å². The molecule has 0 spiro atoms. The number of hydrogen-bond acceptors (Lipinski definition) is 7. The van der Waals surface area contributed by atoms with Gasteiger partial charge in [0.05, 0.1) is 19.8 Å². The van der Waals surface area contributed by atoms with Crippen LogP contribution in [0.5, 0.6) is 11.5 Å². The average molecular weight is 420 g/mol. The van der Waals surface area contributed by atoms with Crippen molar-refractivity contribution >= 4 is 5.82 Å². The number of ether oxygens (including phenoxy) is 2. The van der Waals surface area contributed by atoms with Crippen LogP contribution in [0, 0.1) is 5.82 Å². The lowest BCUT2D eigenvalue weighted by molar-refractivity contribution is 0.354. The van der Waals surface area contributed by atoms with Gasteiger partial charge in [0.25, 0.3) is 5.89 Å². The molecule has 0 unspecified atom stereocenters. The van der Waals surface area contributed by atoms with Gasteiger partial charge in [0, 0.05) is 18.3 Å². The third-order valence-electron chi connectivity index (χ3n) is 4.69. The first-order valence-corrected chi connectivity index (χ1v) is 9.67. The number of anilines is 1. The molecule has 2 heterocycles. The Balaban J connectivity index is 1.37. The maximum absolute atomic E-state index is 13.4. The van der Waals surface area contributed by atoms with E-state index >= 15 is 0 Å². The molecular formula is C23H21FN4O3. The van der Waals surface area contributed by atoms with Gasteiger partial charge in [-0.2, -0.15) is 4.98 Å². The van der Waals surface area contributed by atoms with Gasteiger partial charge in [-0.15, -0.1) is 0 Å². The molecule has 0 saturated heterocycles. The molecule has 4 rings (SSSR count). The number of nitrogens with zero attached hydrogens (tertiary/aromatic N) is 3. The van der Waals surface area contributed by atoms with Crippen LogP contribution in [-0.4, -0.2) is 35.9 Å². The summed E-state index contributed by atoms with van der Waals surface area (Å²) >= 11 is 0. The number of methoxy groups -OCH3 is 2. The maximum Gasteiger partial charge on any atom is 0.259 e. The van der Waals surface area contributed by atoms with Gasteiger partial charge in [-0.3, -0.25) is 0 Å². The fourth-order valence-electron chi connectivity index (χ4n) is 3.08. The quantitative estimate of drug-likeness (QED) is 0.446. The van der Waals surface area contributed by atoms with Crippen molar-refractivity contribution in [1.29, 1.82) is 0 Å². The van der Waals surface area contributed by atoms with Gasteiger partial charge >= 0.3 is 0 Å². The van der Waals surface area contributed by atoms with E-state index in [0.717, 1.165) is 17.8 Å². The van der Waals surface area contributed by atoms with Crippen molar-refractivity contribution < 1.29 is 18.4 Å². The highest BCUT2D eigenvalue weighted by atomic mass is 19.1. The van der Waals surface area contributed by atoms with Crippen molar-refractivity contribution in [3.8, 4) is 34.3 Å². The zero-order chi connectivity index (χ0) is 21.6. The minimum absolute atomic E-state index is 0.323. The fraction of sp³-hybridized carbons (Fsp3) is 0.174. The number of rotatable bonds is 8. The van der Waals surface area contributed by atoms with Crippen LogP contribution in [0.25, 0.3) is 22.8 Å². The van der Waals surface area contributed by atoms with Crippen molar-refractivity contribution in [1.82, 2.24) is 15.1 Å². The zero-order valence-electron chi connectivity index (χ0n) is 17.1. The van der Waals surface area contributed by atoms with Crippen LogP contribution >= 0.6 is 0 Å². The molecule has 2 aromatic carbocycles. The molecule has 1 N–H and O–H groups in total. The average Bonchev–Trinajstić information content (AvgIpc) is 3.30. The molecule has 0 aliphatic carbocycles. The van der Waals surface area contributed by atoms with E-state index in [9.17, 15) is 4.39 Å². The Labute approximate surface area is 178 Å². The largest absolute Gasteiger partial charge is 0.493 e. The Morgan fingerprint density at radius 3 is 2.58 bits per heavy atom. The molecule has 31 heavy (non-hydrogen) atoms. The second-order valence-corrected chi connectivity index (χ2v) is 6.73.